The van der Waals surface area contributed by atoms with Crippen LogP contribution >= 0.6 is 0 Å². The van der Waals surface area contributed by atoms with Gasteiger partial charge in [-0.05, 0) is 31.4 Å². The summed E-state index contributed by atoms with van der Waals surface area (Å²) in [5, 5.41) is 8.29. The first-order valence-electron chi connectivity index (χ1n) is 10.7. The first-order valence-corrected chi connectivity index (χ1v) is 10.7. The van der Waals surface area contributed by atoms with Crippen molar-refractivity contribution in [1.82, 2.24) is 0 Å². The molecule has 0 aromatic heterocycles. The van der Waals surface area contributed by atoms with E-state index in [-0.39, 0.29) is 32.7 Å². The van der Waals surface area contributed by atoms with Crippen LogP contribution in [0.2, 0.25) is 0 Å². The quantitative estimate of drug-likeness (QED) is 0.241. The van der Waals surface area contributed by atoms with Crippen LogP contribution in [-0.2, 0) is 32.7 Å². The van der Waals surface area contributed by atoms with Crippen molar-refractivity contribution in [1.29, 1.82) is 5.26 Å². The molecule has 0 fully saturated rings. The van der Waals surface area contributed by atoms with Crippen LogP contribution in [0.3, 0.4) is 0 Å². The first-order chi connectivity index (χ1) is 14.1. The zero-order chi connectivity index (χ0) is 23.1. The Hall–Kier alpha value is -1.49. The Morgan fingerprint density at radius 3 is 1.87 bits per heavy atom. The standard InChI is InChI=1S/C13H14.C9H9N.3C2H6.Y/c1-10-3-6-12(7-4-10)13-8-5-11(2)9-13;1-3-4-5-6-7-9(2)8-10;3*1-2;/h3-8H,9H2,1-2H3;4-5,7H,1-2H3;3*1-2H3;/q;-2;;;;/b;9-7-;;;;. The number of hydrogen-bond donors (Lipinski definition) is 0. The fourth-order valence-corrected chi connectivity index (χ4v) is 1.96. The minimum absolute atomic E-state index is 0. The van der Waals surface area contributed by atoms with Gasteiger partial charge in [0, 0.05) is 38.8 Å². The van der Waals surface area contributed by atoms with Gasteiger partial charge in [0.05, 0.1) is 0 Å². The normalized spacial score (nSPS) is 11.6. The van der Waals surface area contributed by atoms with Crippen LogP contribution in [0.25, 0.3) is 5.57 Å². The molecule has 2 rings (SSSR count). The summed E-state index contributed by atoms with van der Waals surface area (Å²) in [6.07, 6.45) is 16.2. The van der Waals surface area contributed by atoms with Gasteiger partial charge in [-0.15, -0.1) is 6.92 Å². The summed E-state index contributed by atoms with van der Waals surface area (Å²) in [6.45, 7) is 19.8. The third-order valence-corrected chi connectivity index (χ3v) is 3.28. The van der Waals surface area contributed by atoms with Gasteiger partial charge in [-0.2, -0.15) is 6.08 Å². The molecular formula is C28H41NY-2. The van der Waals surface area contributed by atoms with Crippen molar-refractivity contribution in [3.63, 3.8) is 0 Å². The second-order valence-corrected chi connectivity index (χ2v) is 5.48. The van der Waals surface area contributed by atoms with Gasteiger partial charge in [0.1, 0.15) is 0 Å². The van der Waals surface area contributed by atoms with E-state index in [9.17, 15) is 0 Å². The molecule has 1 aromatic carbocycles. The summed E-state index contributed by atoms with van der Waals surface area (Å²) in [5.41, 5.74) is 6.24. The zero-order valence-corrected chi connectivity index (χ0v) is 23.8. The molecule has 1 aliphatic carbocycles. The predicted octanol–water partition coefficient (Wildman–Crippen LogP) is 9.00. The maximum Gasteiger partial charge on any atom is 0.0273 e. The van der Waals surface area contributed by atoms with Gasteiger partial charge in [-0.3, -0.25) is 6.08 Å². The molecule has 0 bridgehead atoms. The Labute approximate surface area is 213 Å². The van der Waals surface area contributed by atoms with Crippen LogP contribution in [0, 0.1) is 30.4 Å². The SMILES string of the molecule is CC.CC.CC.CC1=CC=C(c2ccc(C)cc2)C1.C[C-]=CC=[C-]/C=C(/C)C#N.[Y]. The van der Waals surface area contributed by atoms with E-state index < -0.39 is 0 Å². The molecule has 1 aromatic rings. The molecule has 0 heterocycles. The summed E-state index contributed by atoms with van der Waals surface area (Å²) >= 11 is 0. The molecule has 2 heteroatoms. The number of hydrogen-bond acceptors (Lipinski definition) is 1. The Morgan fingerprint density at radius 2 is 1.47 bits per heavy atom. The molecule has 0 saturated carbocycles. The van der Waals surface area contributed by atoms with E-state index in [0.717, 1.165) is 6.42 Å². The maximum atomic E-state index is 8.29. The van der Waals surface area contributed by atoms with Crippen molar-refractivity contribution in [2.75, 3.05) is 0 Å². The predicted molar refractivity (Wildman–Crippen MR) is 132 cm³/mol. The largest absolute Gasteiger partial charge is 0.346 e. The number of benzene rings is 1. The molecule has 0 atom stereocenters. The zero-order valence-electron chi connectivity index (χ0n) is 20.9. The molecule has 0 aliphatic heterocycles. The van der Waals surface area contributed by atoms with E-state index in [4.69, 9.17) is 5.26 Å². The van der Waals surface area contributed by atoms with Crippen molar-refractivity contribution in [3.05, 3.63) is 89.1 Å². The van der Waals surface area contributed by atoms with Gasteiger partial charge in [0.15, 0.2) is 0 Å². The van der Waals surface area contributed by atoms with Gasteiger partial charge in [0.2, 0.25) is 0 Å². The second kappa shape index (κ2) is 27.5. The molecule has 0 saturated heterocycles. The van der Waals surface area contributed by atoms with E-state index in [1.807, 2.05) is 47.6 Å². The van der Waals surface area contributed by atoms with Crippen molar-refractivity contribution in [2.24, 2.45) is 0 Å². The summed E-state index contributed by atoms with van der Waals surface area (Å²) in [4.78, 5) is 0. The average molecular weight is 481 g/mol. The van der Waals surface area contributed by atoms with Crippen molar-refractivity contribution in [3.8, 4) is 6.07 Å². The van der Waals surface area contributed by atoms with E-state index in [1.54, 1.807) is 32.1 Å². The fraction of sp³-hybridized carbons (Fsp3) is 0.393. The molecule has 1 nitrogen and oxygen atoms in total. The van der Waals surface area contributed by atoms with Crippen LogP contribution in [0.4, 0.5) is 0 Å². The van der Waals surface area contributed by atoms with Crippen LogP contribution in [0.15, 0.2) is 65.8 Å². The molecular weight excluding hydrogens is 439 g/mol. The summed E-state index contributed by atoms with van der Waals surface area (Å²) in [6, 6.07) is 10.7. The van der Waals surface area contributed by atoms with Crippen LogP contribution in [0.5, 0.6) is 0 Å². The monoisotopic (exact) mass is 480 g/mol. The number of allylic oxidation sites excluding steroid dienone is 10. The minimum Gasteiger partial charge on any atom is -0.346 e. The fourth-order valence-electron chi connectivity index (χ4n) is 1.96. The Morgan fingerprint density at radius 1 is 0.933 bits per heavy atom. The van der Waals surface area contributed by atoms with Crippen molar-refractivity contribution < 1.29 is 32.7 Å². The van der Waals surface area contributed by atoms with Crippen molar-refractivity contribution >= 4 is 5.57 Å². The maximum absolute atomic E-state index is 8.29. The van der Waals surface area contributed by atoms with Crippen LogP contribution in [0.1, 0.15) is 79.9 Å². The number of aryl methyl sites for hydroxylation is 1. The molecule has 0 N–H and O–H groups in total. The molecule has 0 amide bonds. The molecule has 1 aliphatic rings. The van der Waals surface area contributed by atoms with Crippen LogP contribution < -0.4 is 0 Å². The second-order valence-electron chi connectivity index (χ2n) is 5.48. The molecule has 1 radical (unpaired) electrons. The smallest absolute Gasteiger partial charge is 0.0273 e. The van der Waals surface area contributed by atoms with E-state index in [0.29, 0.717) is 5.57 Å². The van der Waals surface area contributed by atoms with Crippen LogP contribution in [-0.4, -0.2) is 0 Å². The summed E-state index contributed by atoms with van der Waals surface area (Å²) < 4.78 is 0. The Bertz CT molecular complexity index is 693. The third kappa shape index (κ3) is 19.8. The van der Waals surface area contributed by atoms with Gasteiger partial charge in [-0.1, -0.05) is 102 Å². The summed E-state index contributed by atoms with van der Waals surface area (Å²) in [7, 11) is 0. The van der Waals surface area contributed by atoms with E-state index in [1.165, 1.54) is 22.3 Å². The van der Waals surface area contributed by atoms with Gasteiger partial charge >= 0.3 is 0 Å². The van der Waals surface area contributed by atoms with Gasteiger partial charge in [-0.25, -0.2) is 5.26 Å². The number of nitriles is 1. The molecule has 0 unspecified atom stereocenters. The van der Waals surface area contributed by atoms with Crippen molar-refractivity contribution in [2.45, 2.75) is 75.7 Å². The summed E-state index contributed by atoms with van der Waals surface area (Å²) in [5.74, 6) is 0. The number of rotatable bonds is 3. The minimum atomic E-state index is 0. The van der Waals surface area contributed by atoms with E-state index in [2.05, 4.69) is 62.4 Å². The molecule has 0 spiro atoms. The van der Waals surface area contributed by atoms with E-state index >= 15 is 0 Å². The third-order valence-electron chi connectivity index (χ3n) is 3.28. The van der Waals surface area contributed by atoms with Gasteiger partial charge < -0.3 is 18.2 Å². The number of nitrogens with zero attached hydrogens (tertiary/aromatic N) is 1. The topological polar surface area (TPSA) is 23.8 Å². The molecule has 30 heavy (non-hydrogen) atoms. The Balaban J connectivity index is -0.000000179. The average Bonchev–Trinajstić information content (AvgIpc) is 3.22. The molecule has 163 valence electrons. The Kier molecular flexibility index (Phi) is 32.9. The first kappa shape index (κ1) is 35.9. The van der Waals surface area contributed by atoms with Gasteiger partial charge in [0.25, 0.3) is 0 Å².